The van der Waals surface area contributed by atoms with Gasteiger partial charge < -0.3 is 9.64 Å². The maximum atomic E-state index is 11.1. The van der Waals surface area contributed by atoms with Crippen molar-refractivity contribution >= 4 is 22.6 Å². The summed E-state index contributed by atoms with van der Waals surface area (Å²) in [7, 11) is 1.40. The molecule has 0 amide bonds. The van der Waals surface area contributed by atoms with Gasteiger partial charge in [-0.3, -0.25) is 4.79 Å². The van der Waals surface area contributed by atoms with E-state index in [9.17, 15) is 4.79 Å². The molecule has 0 atom stereocenters. The Balaban J connectivity index is 2.71. The minimum absolute atomic E-state index is 0.0451. The smallest absolute Gasteiger partial charge is 0.307 e. The number of rotatable bonds is 5. The van der Waals surface area contributed by atoms with E-state index in [0.29, 0.717) is 13.0 Å². The van der Waals surface area contributed by atoms with Gasteiger partial charge in [-0.15, -0.1) is 0 Å². The number of hydrogen-bond acceptors (Lipinski definition) is 6. The summed E-state index contributed by atoms with van der Waals surface area (Å²) in [6.07, 6.45) is 0.370. The van der Waals surface area contributed by atoms with Crippen molar-refractivity contribution in [1.29, 1.82) is 0 Å². The van der Waals surface area contributed by atoms with Crippen LogP contribution in [0.4, 0.5) is 5.13 Å². The highest BCUT2D eigenvalue weighted by Crippen LogP contribution is 2.25. The van der Waals surface area contributed by atoms with Crippen molar-refractivity contribution in [1.82, 2.24) is 9.36 Å². The van der Waals surface area contributed by atoms with Crippen LogP contribution >= 0.6 is 11.5 Å². The molecule has 0 aliphatic rings. The van der Waals surface area contributed by atoms with Crippen LogP contribution in [0.1, 0.15) is 39.9 Å². The van der Waals surface area contributed by atoms with Crippen LogP contribution in [0.5, 0.6) is 0 Å². The first-order chi connectivity index (χ1) is 8.38. The molecule has 18 heavy (non-hydrogen) atoms. The van der Waals surface area contributed by atoms with Gasteiger partial charge in [-0.1, -0.05) is 20.8 Å². The maximum Gasteiger partial charge on any atom is 0.307 e. The second-order valence-electron chi connectivity index (χ2n) is 5.06. The Bertz CT molecular complexity index is 398. The average Bonchev–Trinajstić information content (AvgIpc) is 2.78. The molecule has 0 bridgehead atoms. The predicted octanol–water partition coefficient (Wildman–Crippen LogP) is 2.22. The Kier molecular flexibility index (Phi) is 5.07. The van der Waals surface area contributed by atoms with E-state index < -0.39 is 0 Å². The number of anilines is 1. The van der Waals surface area contributed by atoms with Crippen LogP contribution in [-0.4, -0.2) is 35.5 Å². The third-order valence-electron chi connectivity index (χ3n) is 2.55. The minimum Gasteiger partial charge on any atom is -0.469 e. The first-order valence-electron chi connectivity index (χ1n) is 6.04. The number of esters is 1. The first kappa shape index (κ1) is 14.9. The van der Waals surface area contributed by atoms with Crippen molar-refractivity contribution in [2.75, 3.05) is 25.1 Å². The highest BCUT2D eigenvalue weighted by molar-refractivity contribution is 7.09. The lowest BCUT2D eigenvalue weighted by Gasteiger charge is -2.18. The van der Waals surface area contributed by atoms with Crippen molar-refractivity contribution < 1.29 is 9.53 Å². The monoisotopic (exact) mass is 271 g/mol. The SMILES string of the molecule is CCN(CCC(=O)OC)c1nc(C(C)(C)C)ns1. The van der Waals surface area contributed by atoms with Crippen LogP contribution in [0.15, 0.2) is 0 Å². The molecule has 6 heteroatoms. The highest BCUT2D eigenvalue weighted by Gasteiger charge is 2.21. The zero-order valence-electron chi connectivity index (χ0n) is 11.7. The van der Waals surface area contributed by atoms with Crippen LogP contribution in [0, 0.1) is 0 Å². The van der Waals surface area contributed by atoms with Gasteiger partial charge in [0.1, 0.15) is 5.82 Å². The van der Waals surface area contributed by atoms with Gasteiger partial charge in [-0.05, 0) is 6.92 Å². The van der Waals surface area contributed by atoms with Gasteiger partial charge in [0.05, 0.1) is 13.5 Å². The third kappa shape index (κ3) is 3.94. The number of methoxy groups -OCH3 is 1. The Morgan fingerprint density at radius 2 is 2.11 bits per heavy atom. The quantitative estimate of drug-likeness (QED) is 0.769. The molecule has 1 aromatic heterocycles. The average molecular weight is 271 g/mol. The summed E-state index contributed by atoms with van der Waals surface area (Å²) in [5.74, 6) is 0.646. The van der Waals surface area contributed by atoms with E-state index in [1.807, 2.05) is 11.8 Å². The molecule has 0 fully saturated rings. The van der Waals surface area contributed by atoms with E-state index in [0.717, 1.165) is 17.5 Å². The lowest BCUT2D eigenvalue weighted by Crippen LogP contribution is -2.26. The van der Waals surface area contributed by atoms with E-state index in [2.05, 4.69) is 34.9 Å². The number of nitrogens with zero attached hydrogens (tertiary/aromatic N) is 3. The number of aromatic nitrogens is 2. The zero-order chi connectivity index (χ0) is 13.8. The number of ether oxygens (including phenoxy) is 1. The molecule has 102 valence electrons. The minimum atomic E-state index is -0.200. The van der Waals surface area contributed by atoms with E-state index in [-0.39, 0.29) is 11.4 Å². The topological polar surface area (TPSA) is 55.3 Å². The van der Waals surface area contributed by atoms with Gasteiger partial charge >= 0.3 is 5.97 Å². The van der Waals surface area contributed by atoms with Crippen molar-refractivity contribution in [2.45, 2.75) is 39.5 Å². The van der Waals surface area contributed by atoms with E-state index >= 15 is 0 Å². The molecule has 0 saturated heterocycles. The molecule has 1 heterocycles. The normalized spacial score (nSPS) is 11.4. The molecule has 0 spiro atoms. The molecule has 0 aliphatic carbocycles. The zero-order valence-corrected chi connectivity index (χ0v) is 12.5. The van der Waals surface area contributed by atoms with E-state index in [1.54, 1.807) is 0 Å². The summed E-state index contributed by atoms with van der Waals surface area (Å²) >= 11 is 1.38. The summed E-state index contributed by atoms with van der Waals surface area (Å²) in [6.45, 7) is 9.71. The number of hydrogen-bond donors (Lipinski definition) is 0. The van der Waals surface area contributed by atoms with Crippen molar-refractivity contribution in [2.24, 2.45) is 0 Å². The van der Waals surface area contributed by atoms with Crippen molar-refractivity contribution in [3.8, 4) is 0 Å². The molecule has 1 rings (SSSR count). The highest BCUT2D eigenvalue weighted by atomic mass is 32.1. The lowest BCUT2D eigenvalue weighted by atomic mass is 9.96. The molecule has 1 aromatic rings. The third-order valence-corrected chi connectivity index (χ3v) is 3.33. The van der Waals surface area contributed by atoms with E-state index in [4.69, 9.17) is 0 Å². The fraction of sp³-hybridized carbons (Fsp3) is 0.750. The molecular weight excluding hydrogens is 250 g/mol. The number of carbonyl (C=O) groups is 1. The summed E-state index contributed by atoms with van der Waals surface area (Å²) < 4.78 is 9.02. The van der Waals surface area contributed by atoms with Gasteiger partial charge in [-0.2, -0.15) is 4.37 Å². The van der Waals surface area contributed by atoms with Crippen LogP contribution < -0.4 is 4.90 Å². The Morgan fingerprint density at radius 3 is 2.56 bits per heavy atom. The molecule has 5 nitrogen and oxygen atoms in total. The van der Waals surface area contributed by atoms with E-state index in [1.165, 1.54) is 18.6 Å². The fourth-order valence-electron chi connectivity index (χ4n) is 1.37. The maximum absolute atomic E-state index is 11.1. The molecule has 0 saturated carbocycles. The standard InChI is InChI=1S/C12H21N3O2S/c1-6-15(8-7-9(16)17-5)11-13-10(14-18-11)12(2,3)4/h6-8H2,1-5H3. The second-order valence-corrected chi connectivity index (χ2v) is 5.79. The largest absolute Gasteiger partial charge is 0.469 e. The molecule has 0 radical (unpaired) electrons. The predicted molar refractivity (Wildman–Crippen MR) is 73.1 cm³/mol. The summed E-state index contributed by atoms with van der Waals surface area (Å²) in [6, 6.07) is 0. The Labute approximate surface area is 112 Å². The van der Waals surface area contributed by atoms with Crippen molar-refractivity contribution in [3.05, 3.63) is 5.82 Å². The molecule has 0 unspecified atom stereocenters. The van der Waals surface area contributed by atoms with Gasteiger partial charge in [0.15, 0.2) is 0 Å². The van der Waals surface area contributed by atoms with Gasteiger partial charge in [0.2, 0.25) is 5.13 Å². The molecule has 0 aliphatic heterocycles. The van der Waals surface area contributed by atoms with Gasteiger partial charge in [0.25, 0.3) is 0 Å². The summed E-state index contributed by atoms with van der Waals surface area (Å²) in [5.41, 5.74) is -0.0451. The van der Waals surface area contributed by atoms with Crippen LogP contribution in [0.25, 0.3) is 0 Å². The molecule has 0 aromatic carbocycles. The number of carbonyl (C=O) groups excluding carboxylic acids is 1. The molecule has 0 N–H and O–H groups in total. The van der Waals surface area contributed by atoms with Crippen LogP contribution in [0.2, 0.25) is 0 Å². The lowest BCUT2D eigenvalue weighted by molar-refractivity contribution is -0.140. The second kappa shape index (κ2) is 6.13. The molecular formula is C12H21N3O2S. The Hall–Kier alpha value is -1.17. The van der Waals surface area contributed by atoms with Crippen molar-refractivity contribution in [3.63, 3.8) is 0 Å². The first-order valence-corrected chi connectivity index (χ1v) is 6.81. The fourth-order valence-corrected chi connectivity index (χ4v) is 2.31. The van der Waals surface area contributed by atoms with Crippen LogP contribution in [0.3, 0.4) is 0 Å². The van der Waals surface area contributed by atoms with Gasteiger partial charge in [0, 0.05) is 30.0 Å². The van der Waals surface area contributed by atoms with Crippen LogP contribution in [-0.2, 0) is 14.9 Å². The Morgan fingerprint density at radius 1 is 1.44 bits per heavy atom. The summed E-state index contributed by atoms with van der Waals surface area (Å²) in [4.78, 5) is 17.7. The summed E-state index contributed by atoms with van der Waals surface area (Å²) in [5, 5.41) is 0.867. The van der Waals surface area contributed by atoms with Gasteiger partial charge in [-0.25, -0.2) is 4.98 Å².